The number of nitrogens with one attached hydrogen (secondary N) is 1. The molecule has 30 heavy (non-hydrogen) atoms. The molecule has 8 heteroatoms. The fourth-order valence-electron chi connectivity index (χ4n) is 3.59. The molecule has 1 atom stereocenters. The van der Waals surface area contributed by atoms with Gasteiger partial charge in [0.25, 0.3) is 0 Å². The second-order valence-electron chi connectivity index (χ2n) is 7.81. The zero-order chi connectivity index (χ0) is 21.1. The number of amides is 1. The molecule has 0 radical (unpaired) electrons. The van der Waals surface area contributed by atoms with E-state index < -0.39 is 0 Å². The Labute approximate surface area is 180 Å². The van der Waals surface area contributed by atoms with Crippen molar-refractivity contribution < 1.29 is 9.32 Å². The second kappa shape index (κ2) is 9.07. The van der Waals surface area contributed by atoms with E-state index in [2.05, 4.69) is 56.4 Å². The predicted octanol–water partition coefficient (Wildman–Crippen LogP) is 3.56. The summed E-state index contributed by atoms with van der Waals surface area (Å²) in [6.07, 6.45) is 0. The summed E-state index contributed by atoms with van der Waals surface area (Å²) in [5, 5.41) is 9.67. The maximum Gasteiger partial charge on any atom is 0.243 e. The molecular weight excluding hydrogens is 398 g/mol. The number of aromatic nitrogens is 2. The fraction of sp³-hybridized carbons (Fsp3) is 0.409. The highest BCUT2D eigenvalue weighted by atomic mass is 32.1. The van der Waals surface area contributed by atoms with Gasteiger partial charge in [-0.2, -0.15) is 0 Å². The van der Waals surface area contributed by atoms with Crippen molar-refractivity contribution in [3.63, 3.8) is 0 Å². The molecular formula is C22H27N5O2S. The number of hydrogen-bond donors (Lipinski definition) is 1. The number of thiazole rings is 1. The summed E-state index contributed by atoms with van der Waals surface area (Å²) in [4.78, 5) is 21.9. The second-order valence-corrected chi connectivity index (χ2v) is 8.67. The van der Waals surface area contributed by atoms with Crippen molar-refractivity contribution in [1.82, 2.24) is 19.9 Å². The SMILES string of the molecule is Cc1ccc(-c2csc(NC(=O)C(C)N3CCN(Cc4cc(C)on4)CC3)n2)cc1. The molecule has 3 aromatic rings. The van der Waals surface area contributed by atoms with E-state index in [1.807, 2.05) is 25.3 Å². The Morgan fingerprint density at radius 2 is 1.93 bits per heavy atom. The third-order valence-corrected chi connectivity index (χ3v) is 6.24. The number of carbonyl (C=O) groups excluding carboxylic acids is 1. The normalized spacial score (nSPS) is 16.5. The van der Waals surface area contributed by atoms with E-state index in [0.717, 1.165) is 55.4 Å². The number of piperazine rings is 1. The Morgan fingerprint density at radius 1 is 1.20 bits per heavy atom. The zero-order valence-corrected chi connectivity index (χ0v) is 18.4. The van der Waals surface area contributed by atoms with Crippen LogP contribution >= 0.6 is 11.3 Å². The highest BCUT2D eigenvalue weighted by molar-refractivity contribution is 7.14. The quantitative estimate of drug-likeness (QED) is 0.651. The van der Waals surface area contributed by atoms with Gasteiger partial charge in [0.05, 0.1) is 17.4 Å². The first-order chi connectivity index (χ1) is 14.5. The van der Waals surface area contributed by atoms with E-state index >= 15 is 0 Å². The van der Waals surface area contributed by atoms with E-state index in [0.29, 0.717) is 5.13 Å². The minimum atomic E-state index is -0.201. The van der Waals surface area contributed by atoms with Crippen molar-refractivity contribution in [3.8, 4) is 11.3 Å². The first kappa shape index (κ1) is 20.7. The van der Waals surface area contributed by atoms with Crippen molar-refractivity contribution in [1.29, 1.82) is 0 Å². The van der Waals surface area contributed by atoms with Crippen molar-refractivity contribution in [2.24, 2.45) is 0 Å². The predicted molar refractivity (Wildman–Crippen MR) is 118 cm³/mol. The lowest BCUT2D eigenvalue weighted by atomic mass is 10.1. The van der Waals surface area contributed by atoms with Crippen LogP contribution in [0.25, 0.3) is 11.3 Å². The number of anilines is 1. The molecule has 1 aromatic carbocycles. The summed E-state index contributed by atoms with van der Waals surface area (Å²) < 4.78 is 5.14. The van der Waals surface area contributed by atoms with Gasteiger partial charge in [-0.3, -0.25) is 14.6 Å². The summed E-state index contributed by atoms with van der Waals surface area (Å²) in [7, 11) is 0. The molecule has 0 aliphatic carbocycles. The summed E-state index contributed by atoms with van der Waals surface area (Å²) in [5.41, 5.74) is 4.12. The van der Waals surface area contributed by atoms with E-state index in [4.69, 9.17) is 4.52 Å². The molecule has 1 saturated heterocycles. The van der Waals surface area contributed by atoms with Crippen LogP contribution < -0.4 is 5.32 Å². The van der Waals surface area contributed by atoms with Gasteiger partial charge in [0.1, 0.15) is 5.76 Å². The third kappa shape index (κ3) is 4.95. The molecule has 0 spiro atoms. The number of benzene rings is 1. The number of nitrogens with zero attached hydrogens (tertiary/aromatic N) is 4. The van der Waals surface area contributed by atoms with Gasteiger partial charge >= 0.3 is 0 Å². The van der Waals surface area contributed by atoms with Gasteiger partial charge < -0.3 is 9.84 Å². The van der Waals surface area contributed by atoms with Crippen LogP contribution in [-0.4, -0.2) is 58.1 Å². The highest BCUT2D eigenvalue weighted by Gasteiger charge is 2.26. The number of hydrogen-bond acceptors (Lipinski definition) is 7. The van der Waals surface area contributed by atoms with E-state index in [9.17, 15) is 4.79 Å². The lowest BCUT2D eigenvalue weighted by Gasteiger charge is -2.36. The first-order valence-corrected chi connectivity index (χ1v) is 11.1. The van der Waals surface area contributed by atoms with Crippen molar-refractivity contribution in [2.45, 2.75) is 33.4 Å². The molecule has 1 aliphatic rings. The molecule has 0 saturated carbocycles. The molecule has 4 rings (SSSR count). The minimum absolute atomic E-state index is 0.0135. The molecule has 0 bridgehead atoms. The van der Waals surface area contributed by atoms with Crippen molar-refractivity contribution in [2.75, 3.05) is 31.5 Å². The molecule has 1 N–H and O–H groups in total. The molecule has 1 fully saturated rings. The molecule has 3 heterocycles. The fourth-order valence-corrected chi connectivity index (χ4v) is 4.32. The standard InChI is InChI=1S/C22H27N5O2S/c1-15-4-6-18(7-5-15)20-14-30-22(23-20)24-21(28)17(3)27-10-8-26(9-11-27)13-19-12-16(2)29-25-19/h4-7,12,14,17H,8-11,13H2,1-3H3,(H,23,24,28). The van der Waals surface area contributed by atoms with E-state index in [-0.39, 0.29) is 11.9 Å². The number of aryl methyl sites for hydroxylation is 2. The maximum absolute atomic E-state index is 12.8. The van der Waals surface area contributed by atoms with Crippen LogP contribution in [0.2, 0.25) is 0 Å². The van der Waals surface area contributed by atoms with Crippen LogP contribution in [-0.2, 0) is 11.3 Å². The molecule has 1 amide bonds. The van der Waals surface area contributed by atoms with Gasteiger partial charge in [0.15, 0.2) is 5.13 Å². The average Bonchev–Trinajstić information content (AvgIpc) is 3.37. The minimum Gasteiger partial charge on any atom is -0.361 e. The lowest BCUT2D eigenvalue weighted by Crippen LogP contribution is -2.52. The average molecular weight is 426 g/mol. The van der Waals surface area contributed by atoms with Gasteiger partial charge in [-0.1, -0.05) is 35.0 Å². The molecule has 1 aliphatic heterocycles. The van der Waals surface area contributed by atoms with Crippen molar-refractivity contribution >= 4 is 22.4 Å². The Kier molecular flexibility index (Phi) is 6.26. The maximum atomic E-state index is 12.8. The molecule has 1 unspecified atom stereocenters. The third-order valence-electron chi connectivity index (χ3n) is 5.48. The van der Waals surface area contributed by atoms with E-state index in [1.54, 1.807) is 0 Å². The van der Waals surface area contributed by atoms with Crippen LogP contribution in [0, 0.1) is 13.8 Å². The van der Waals surface area contributed by atoms with Gasteiger partial charge in [-0.15, -0.1) is 11.3 Å². The monoisotopic (exact) mass is 425 g/mol. The molecule has 2 aromatic heterocycles. The summed E-state index contributed by atoms with van der Waals surface area (Å²) in [5.74, 6) is 0.821. The van der Waals surface area contributed by atoms with Crippen LogP contribution in [0.1, 0.15) is 23.9 Å². The van der Waals surface area contributed by atoms with Gasteiger partial charge in [-0.05, 0) is 20.8 Å². The Bertz CT molecular complexity index is 989. The first-order valence-electron chi connectivity index (χ1n) is 10.2. The van der Waals surface area contributed by atoms with Crippen LogP contribution in [0.5, 0.6) is 0 Å². The van der Waals surface area contributed by atoms with Crippen molar-refractivity contribution in [3.05, 3.63) is 52.7 Å². The van der Waals surface area contributed by atoms with Gasteiger partial charge in [0, 0.05) is 49.7 Å². The topological polar surface area (TPSA) is 74.5 Å². The largest absolute Gasteiger partial charge is 0.361 e. The van der Waals surface area contributed by atoms with Gasteiger partial charge in [0.2, 0.25) is 5.91 Å². The van der Waals surface area contributed by atoms with Gasteiger partial charge in [-0.25, -0.2) is 4.98 Å². The zero-order valence-electron chi connectivity index (χ0n) is 17.6. The summed E-state index contributed by atoms with van der Waals surface area (Å²) >= 11 is 1.46. The Hall–Kier alpha value is -2.55. The molecule has 7 nitrogen and oxygen atoms in total. The van der Waals surface area contributed by atoms with E-state index in [1.165, 1.54) is 16.9 Å². The smallest absolute Gasteiger partial charge is 0.243 e. The van der Waals surface area contributed by atoms with Crippen LogP contribution in [0.4, 0.5) is 5.13 Å². The number of rotatable bonds is 6. The Morgan fingerprint density at radius 3 is 2.60 bits per heavy atom. The van der Waals surface area contributed by atoms with Crippen LogP contribution in [0.15, 0.2) is 40.2 Å². The Balaban J connectivity index is 1.28. The lowest BCUT2D eigenvalue weighted by molar-refractivity contribution is -0.121. The van der Waals surface area contributed by atoms with Crippen LogP contribution in [0.3, 0.4) is 0 Å². The highest BCUT2D eigenvalue weighted by Crippen LogP contribution is 2.25. The molecule has 158 valence electrons. The summed E-state index contributed by atoms with van der Waals surface area (Å²) in [6.45, 7) is 10.2. The summed E-state index contributed by atoms with van der Waals surface area (Å²) in [6, 6.07) is 10.0. The number of carbonyl (C=O) groups is 1.